The molecule has 1 atom stereocenters. The van der Waals surface area contributed by atoms with E-state index in [4.69, 9.17) is 0 Å². The maximum absolute atomic E-state index is 11.6. The van der Waals surface area contributed by atoms with Gasteiger partial charge in [-0.05, 0) is 25.0 Å². The Labute approximate surface area is 95.3 Å². The van der Waals surface area contributed by atoms with Crippen LogP contribution in [0, 0.1) is 5.92 Å². The molecule has 0 radical (unpaired) electrons. The second kappa shape index (κ2) is 4.70. The third-order valence-corrected chi connectivity index (χ3v) is 3.27. The normalized spacial score (nSPS) is 17.9. The molecular weight excluding hydrogens is 204 g/mol. The summed E-state index contributed by atoms with van der Waals surface area (Å²) in [4.78, 5) is 11.6. The van der Waals surface area contributed by atoms with E-state index in [1.165, 1.54) is 0 Å². The van der Waals surface area contributed by atoms with Crippen molar-refractivity contribution in [3.05, 3.63) is 24.0 Å². The van der Waals surface area contributed by atoms with Gasteiger partial charge in [0, 0.05) is 31.4 Å². The van der Waals surface area contributed by atoms with E-state index in [-0.39, 0.29) is 11.8 Å². The smallest absolute Gasteiger partial charge is 0.223 e. The molecule has 2 N–H and O–H groups in total. The zero-order valence-electron chi connectivity index (χ0n) is 9.52. The molecule has 1 amide bonds. The topological polar surface area (TPSA) is 54.3 Å². The molecule has 1 heterocycles. The van der Waals surface area contributed by atoms with Crippen molar-refractivity contribution < 1.29 is 9.90 Å². The molecule has 1 aliphatic rings. The van der Waals surface area contributed by atoms with Crippen molar-refractivity contribution in [2.45, 2.75) is 25.4 Å². The van der Waals surface area contributed by atoms with Crippen molar-refractivity contribution in [2.75, 3.05) is 6.54 Å². The maximum Gasteiger partial charge on any atom is 0.223 e. The van der Waals surface area contributed by atoms with Crippen LogP contribution in [0.4, 0.5) is 0 Å². The quantitative estimate of drug-likeness (QED) is 0.797. The molecule has 1 saturated carbocycles. The first-order valence-electron chi connectivity index (χ1n) is 5.75. The summed E-state index contributed by atoms with van der Waals surface area (Å²) in [5.74, 6) is 0.264. The lowest BCUT2D eigenvalue weighted by molar-refractivity contribution is -0.127. The highest BCUT2D eigenvalue weighted by molar-refractivity contribution is 5.79. The summed E-state index contributed by atoms with van der Waals surface area (Å²) >= 11 is 0. The van der Waals surface area contributed by atoms with E-state index in [9.17, 15) is 9.90 Å². The molecular formula is C12H18N2O2. The van der Waals surface area contributed by atoms with Crippen LogP contribution in [0.2, 0.25) is 0 Å². The molecule has 4 heteroatoms. The highest BCUT2D eigenvalue weighted by atomic mass is 16.3. The molecule has 1 unspecified atom stereocenters. The van der Waals surface area contributed by atoms with Crippen molar-refractivity contribution in [2.24, 2.45) is 13.0 Å². The average molecular weight is 222 g/mol. The molecule has 88 valence electrons. The van der Waals surface area contributed by atoms with Gasteiger partial charge in [-0.25, -0.2) is 0 Å². The van der Waals surface area contributed by atoms with Crippen LogP contribution in [0.1, 0.15) is 31.1 Å². The lowest BCUT2D eigenvalue weighted by Gasteiger charge is -2.24. The highest BCUT2D eigenvalue weighted by Crippen LogP contribution is 2.26. The van der Waals surface area contributed by atoms with Crippen molar-refractivity contribution >= 4 is 5.91 Å². The van der Waals surface area contributed by atoms with Crippen LogP contribution in [-0.4, -0.2) is 22.1 Å². The van der Waals surface area contributed by atoms with Crippen LogP contribution in [-0.2, 0) is 11.8 Å². The molecule has 16 heavy (non-hydrogen) atoms. The van der Waals surface area contributed by atoms with E-state index in [1.807, 2.05) is 29.9 Å². The van der Waals surface area contributed by atoms with Gasteiger partial charge in [0.15, 0.2) is 0 Å². The minimum Gasteiger partial charge on any atom is -0.385 e. The molecule has 1 aliphatic carbocycles. The second-order valence-corrected chi connectivity index (χ2v) is 4.43. The number of nitrogens with one attached hydrogen (secondary N) is 1. The van der Waals surface area contributed by atoms with Crippen LogP contribution in [0.5, 0.6) is 0 Å². The van der Waals surface area contributed by atoms with Crippen LogP contribution in [0.3, 0.4) is 0 Å². The molecule has 0 aromatic carbocycles. The fourth-order valence-corrected chi connectivity index (χ4v) is 1.94. The van der Waals surface area contributed by atoms with Gasteiger partial charge < -0.3 is 15.0 Å². The van der Waals surface area contributed by atoms with Crippen LogP contribution >= 0.6 is 0 Å². The van der Waals surface area contributed by atoms with E-state index >= 15 is 0 Å². The van der Waals surface area contributed by atoms with E-state index in [2.05, 4.69) is 5.32 Å². The summed E-state index contributed by atoms with van der Waals surface area (Å²) in [6.07, 6.45) is 4.40. The monoisotopic (exact) mass is 222 g/mol. The Balaban J connectivity index is 1.81. The Hall–Kier alpha value is -1.29. The number of hydrogen-bond donors (Lipinski definition) is 2. The van der Waals surface area contributed by atoms with Gasteiger partial charge in [-0.15, -0.1) is 0 Å². The number of aliphatic hydroxyl groups is 1. The van der Waals surface area contributed by atoms with Crippen molar-refractivity contribution in [3.63, 3.8) is 0 Å². The molecule has 1 fully saturated rings. The van der Waals surface area contributed by atoms with Crippen molar-refractivity contribution in [1.29, 1.82) is 0 Å². The number of hydrogen-bond acceptors (Lipinski definition) is 2. The summed E-state index contributed by atoms with van der Waals surface area (Å²) in [5.41, 5.74) is 0.828. The number of aromatic nitrogens is 1. The van der Waals surface area contributed by atoms with Gasteiger partial charge in [0.1, 0.15) is 6.10 Å². The molecule has 0 spiro atoms. The van der Waals surface area contributed by atoms with E-state index in [0.717, 1.165) is 25.0 Å². The summed E-state index contributed by atoms with van der Waals surface area (Å²) < 4.78 is 1.86. The lowest BCUT2D eigenvalue weighted by atomic mass is 9.85. The number of carbonyl (C=O) groups excluding carboxylic acids is 1. The van der Waals surface area contributed by atoms with Gasteiger partial charge in [-0.1, -0.05) is 6.42 Å². The molecule has 4 nitrogen and oxygen atoms in total. The number of aryl methyl sites for hydroxylation is 1. The third kappa shape index (κ3) is 2.27. The first-order chi connectivity index (χ1) is 7.68. The summed E-state index contributed by atoms with van der Waals surface area (Å²) in [7, 11) is 1.88. The highest BCUT2D eigenvalue weighted by Gasteiger charge is 2.25. The Bertz CT molecular complexity index is 369. The van der Waals surface area contributed by atoms with Gasteiger partial charge in [0.05, 0.1) is 0 Å². The fraction of sp³-hybridized carbons (Fsp3) is 0.583. The molecule has 1 aromatic rings. The van der Waals surface area contributed by atoms with Crippen LogP contribution in [0.15, 0.2) is 18.3 Å². The van der Waals surface area contributed by atoms with Gasteiger partial charge >= 0.3 is 0 Å². The van der Waals surface area contributed by atoms with Crippen LogP contribution < -0.4 is 5.32 Å². The minimum atomic E-state index is -0.621. The lowest BCUT2D eigenvalue weighted by Crippen LogP contribution is -2.37. The zero-order valence-corrected chi connectivity index (χ0v) is 9.52. The Morgan fingerprint density at radius 1 is 1.69 bits per heavy atom. The summed E-state index contributed by atoms with van der Waals surface area (Å²) in [6, 6.07) is 3.74. The average Bonchev–Trinajstić information content (AvgIpc) is 2.58. The Morgan fingerprint density at radius 2 is 2.44 bits per heavy atom. The first kappa shape index (κ1) is 11.2. The molecule has 0 saturated heterocycles. The predicted molar refractivity (Wildman–Crippen MR) is 60.7 cm³/mol. The van der Waals surface area contributed by atoms with E-state index in [1.54, 1.807) is 0 Å². The Morgan fingerprint density at radius 3 is 2.94 bits per heavy atom. The Kier molecular flexibility index (Phi) is 3.29. The van der Waals surface area contributed by atoms with E-state index in [0.29, 0.717) is 6.54 Å². The van der Waals surface area contributed by atoms with E-state index < -0.39 is 6.10 Å². The van der Waals surface area contributed by atoms with Crippen LogP contribution in [0.25, 0.3) is 0 Å². The van der Waals surface area contributed by atoms with Crippen molar-refractivity contribution in [1.82, 2.24) is 9.88 Å². The third-order valence-electron chi connectivity index (χ3n) is 3.27. The summed E-state index contributed by atoms with van der Waals surface area (Å²) in [5, 5.41) is 12.7. The summed E-state index contributed by atoms with van der Waals surface area (Å²) in [6.45, 7) is 0.299. The first-order valence-corrected chi connectivity index (χ1v) is 5.75. The standard InChI is InChI=1S/C12H18N2O2/c1-14-7-3-6-10(14)11(15)8-13-12(16)9-4-2-5-9/h3,6-7,9,11,15H,2,4-5,8H2,1H3,(H,13,16). The molecule has 2 rings (SSSR count). The number of nitrogens with zero attached hydrogens (tertiary/aromatic N) is 1. The number of amides is 1. The number of carbonyl (C=O) groups is 1. The SMILES string of the molecule is Cn1cccc1C(O)CNC(=O)C1CCC1. The zero-order chi connectivity index (χ0) is 11.5. The molecule has 0 aliphatic heterocycles. The van der Waals surface area contributed by atoms with Crippen molar-refractivity contribution in [3.8, 4) is 0 Å². The van der Waals surface area contributed by atoms with Gasteiger partial charge in [0.25, 0.3) is 0 Å². The largest absolute Gasteiger partial charge is 0.385 e. The van der Waals surface area contributed by atoms with Gasteiger partial charge in [-0.2, -0.15) is 0 Å². The minimum absolute atomic E-state index is 0.0829. The number of rotatable bonds is 4. The van der Waals surface area contributed by atoms with Gasteiger partial charge in [0.2, 0.25) is 5.91 Å². The van der Waals surface area contributed by atoms with Gasteiger partial charge in [-0.3, -0.25) is 4.79 Å². The number of aliphatic hydroxyl groups excluding tert-OH is 1. The molecule has 0 bridgehead atoms. The molecule has 1 aromatic heterocycles. The second-order valence-electron chi connectivity index (χ2n) is 4.43. The predicted octanol–water partition coefficient (Wildman–Crippen LogP) is 0.975. The maximum atomic E-state index is 11.6. The fourth-order valence-electron chi connectivity index (χ4n) is 1.94.